The van der Waals surface area contributed by atoms with Crippen LogP contribution in [0.5, 0.6) is 0 Å². The molecule has 2 aliphatic rings. The van der Waals surface area contributed by atoms with Crippen molar-refractivity contribution in [3.05, 3.63) is 58.7 Å². The van der Waals surface area contributed by atoms with E-state index in [1.54, 1.807) is 0 Å². The summed E-state index contributed by atoms with van der Waals surface area (Å²) in [6.45, 7) is -0.796. The minimum atomic E-state index is -1.90. The van der Waals surface area contributed by atoms with Crippen molar-refractivity contribution in [2.75, 3.05) is 6.61 Å². The Morgan fingerprint density at radius 3 is 1.88 bits per heavy atom. The topological polar surface area (TPSA) is 146 Å². The summed E-state index contributed by atoms with van der Waals surface area (Å²) in [5.41, 5.74) is -0.456. The lowest BCUT2D eigenvalue weighted by Crippen LogP contribution is -2.56. The van der Waals surface area contributed by atoms with Gasteiger partial charge in [-0.15, -0.1) is 0 Å². The maximum Gasteiger partial charge on any atom is 0.259 e. The van der Waals surface area contributed by atoms with Crippen LogP contribution >= 0.6 is 0 Å². The van der Waals surface area contributed by atoms with Gasteiger partial charge in [0.15, 0.2) is 29.5 Å². The van der Waals surface area contributed by atoms with Crippen LogP contribution in [0.25, 0.3) is 43.6 Å². The molecule has 1 fully saturated rings. The molecule has 0 radical (unpaired) electrons. The molecular weight excluding hydrogens is 554 g/mol. The molecule has 5 unspecified atom stereocenters. The van der Waals surface area contributed by atoms with Crippen LogP contribution in [0.4, 0.5) is 17.6 Å². The Kier molecular flexibility index (Phi) is 5.34. The SMILES string of the molecule is Cn1c2cc(F)c(F)cc2c2c3c(c4c5cc(F)c(F)cc5n(C5OC(CO)C(O)C(O)C5O)c4c21)C(=O)NC3=O. The van der Waals surface area contributed by atoms with Crippen LogP contribution in [0.15, 0.2) is 24.3 Å². The van der Waals surface area contributed by atoms with Crippen LogP contribution < -0.4 is 5.32 Å². The number of aliphatic hydroxyl groups excluding tert-OH is 4. The van der Waals surface area contributed by atoms with E-state index in [0.29, 0.717) is 0 Å². The first-order valence-electron chi connectivity index (χ1n) is 12.4. The molecule has 10 nitrogen and oxygen atoms in total. The number of ether oxygens (including phenoxy) is 1. The van der Waals surface area contributed by atoms with Gasteiger partial charge in [-0.3, -0.25) is 14.9 Å². The van der Waals surface area contributed by atoms with Crippen molar-refractivity contribution in [3.63, 3.8) is 0 Å². The maximum atomic E-state index is 14.7. The van der Waals surface area contributed by atoms with Gasteiger partial charge in [-0.05, 0) is 12.1 Å². The highest BCUT2D eigenvalue weighted by Crippen LogP contribution is 2.47. The quantitative estimate of drug-likeness (QED) is 0.160. The van der Waals surface area contributed by atoms with Gasteiger partial charge in [-0.25, -0.2) is 17.6 Å². The molecule has 0 spiro atoms. The Morgan fingerprint density at radius 1 is 0.780 bits per heavy atom. The van der Waals surface area contributed by atoms with Gasteiger partial charge in [-0.2, -0.15) is 0 Å². The van der Waals surface area contributed by atoms with Gasteiger partial charge < -0.3 is 34.3 Å². The number of fused-ring (bicyclic) bond motifs is 10. The largest absolute Gasteiger partial charge is 0.394 e. The molecule has 0 saturated carbocycles. The molecule has 5 atom stereocenters. The van der Waals surface area contributed by atoms with Gasteiger partial charge in [0.05, 0.1) is 39.8 Å². The number of benzene rings is 3. The standard InChI is InChI=1S/C27H19F4N3O7/c1-33-13-4-11(30)9(28)2-7(13)16-18-19(26(40)32-25(18)39)17-8-3-10(29)12(31)5-14(8)34(21(17)20(16)33)27-24(38)23(37)22(36)15(6-35)41-27/h2-5,15,22-24,27,35-38H,6H2,1H3,(H,32,39,40). The number of nitrogens with zero attached hydrogens (tertiary/aromatic N) is 2. The number of carbonyl (C=O) groups excluding carboxylic acids is 2. The predicted octanol–water partition coefficient (Wildman–Crippen LogP) is 1.85. The zero-order chi connectivity index (χ0) is 29.2. The normalized spacial score (nSPS) is 24.8. The number of hydrogen-bond donors (Lipinski definition) is 5. The van der Waals surface area contributed by atoms with Crippen molar-refractivity contribution in [1.82, 2.24) is 14.5 Å². The summed E-state index contributed by atoms with van der Waals surface area (Å²) >= 11 is 0. The molecule has 5 aromatic rings. The molecule has 41 heavy (non-hydrogen) atoms. The van der Waals surface area contributed by atoms with E-state index in [1.165, 1.54) is 11.6 Å². The molecule has 5 N–H and O–H groups in total. The van der Waals surface area contributed by atoms with E-state index in [0.717, 1.165) is 28.8 Å². The second-order valence-corrected chi connectivity index (χ2v) is 10.2. The van der Waals surface area contributed by atoms with Crippen molar-refractivity contribution in [2.45, 2.75) is 30.6 Å². The summed E-state index contributed by atoms with van der Waals surface area (Å²) in [6.07, 6.45) is -8.58. The number of aromatic nitrogens is 2. The third kappa shape index (κ3) is 3.18. The molecular formula is C27H19F4N3O7. The monoisotopic (exact) mass is 573 g/mol. The molecule has 2 aromatic heterocycles. The lowest BCUT2D eigenvalue weighted by molar-refractivity contribution is -0.249. The second kappa shape index (κ2) is 8.47. The van der Waals surface area contributed by atoms with E-state index >= 15 is 0 Å². The van der Waals surface area contributed by atoms with E-state index < -0.39 is 72.3 Å². The van der Waals surface area contributed by atoms with Gasteiger partial charge in [-0.1, -0.05) is 0 Å². The summed E-state index contributed by atoms with van der Waals surface area (Å²) < 4.78 is 66.6. The lowest BCUT2D eigenvalue weighted by Gasteiger charge is -2.41. The van der Waals surface area contributed by atoms with Gasteiger partial charge in [0.1, 0.15) is 24.4 Å². The fourth-order valence-corrected chi connectivity index (χ4v) is 6.24. The second-order valence-electron chi connectivity index (χ2n) is 10.2. The number of aliphatic hydroxyl groups is 4. The number of amides is 2. The van der Waals surface area contributed by atoms with Crippen molar-refractivity contribution in [1.29, 1.82) is 0 Å². The third-order valence-corrected chi connectivity index (χ3v) is 8.06. The number of halogens is 4. The van der Waals surface area contributed by atoms with Gasteiger partial charge in [0, 0.05) is 40.7 Å². The summed E-state index contributed by atoms with van der Waals surface area (Å²) in [5, 5.41) is 43.8. The first kappa shape index (κ1) is 25.9. The van der Waals surface area contributed by atoms with Gasteiger partial charge in [0.2, 0.25) is 0 Å². The molecule has 2 amide bonds. The minimum absolute atomic E-state index is 0.0156. The highest BCUT2D eigenvalue weighted by atomic mass is 19.2. The third-order valence-electron chi connectivity index (χ3n) is 8.06. The zero-order valence-corrected chi connectivity index (χ0v) is 20.8. The zero-order valence-electron chi connectivity index (χ0n) is 20.8. The number of imide groups is 1. The van der Waals surface area contributed by atoms with Crippen LogP contribution in [0, 0.1) is 23.3 Å². The van der Waals surface area contributed by atoms with Crippen LogP contribution in [0.3, 0.4) is 0 Å². The molecule has 4 heterocycles. The average Bonchev–Trinajstić information content (AvgIpc) is 3.50. The van der Waals surface area contributed by atoms with E-state index in [1.807, 2.05) is 0 Å². The first-order chi connectivity index (χ1) is 19.5. The van der Waals surface area contributed by atoms with Crippen LogP contribution in [0.1, 0.15) is 26.9 Å². The van der Waals surface area contributed by atoms with E-state index in [4.69, 9.17) is 4.74 Å². The Labute approximate surface area is 225 Å². The summed E-state index contributed by atoms with van der Waals surface area (Å²) in [4.78, 5) is 26.3. The number of rotatable bonds is 2. The molecule has 14 heteroatoms. The van der Waals surface area contributed by atoms with Gasteiger partial charge in [0.25, 0.3) is 11.8 Å². The summed E-state index contributed by atoms with van der Waals surface area (Å²) in [6, 6.07) is 3.30. The van der Waals surface area contributed by atoms with E-state index in [-0.39, 0.29) is 54.7 Å². The highest BCUT2D eigenvalue weighted by Gasteiger charge is 2.46. The number of hydrogen-bond acceptors (Lipinski definition) is 7. The van der Waals surface area contributed by atoms with Crippen LogP contribution in [-0.2, 0) is 11.8 Å². The Hall–Kier alpha value is -4.08. The molecule has 3 aromatic carbocycles. The van der Waals surface area contributed by atoms with E-state index in [9.17, 15) is 47.6 Å². The van der Waals surface area contributed by atoms with Crippen molar-refractivity contribution < 1.29 is 52.3 Å². The van der Waals surface area contributed by atoms with Crippen LogP contribution in [0.2, 0.25) is 0 Å². The van der Waals surface area contributed by atoms with Crippen molar-refractivity contribution in [2.24, 2.45) is 7.05 Å². The predicted molar refractivity (Wildman–Crippen MR) is 134 cm³/mol. The Bertz CT molecular complexity index is 2020. The molecule has 1 saturated heterocycles. The van der Waals surface area contributed by atoms with Gasteiger partial charge >= 0.3 is 0 Å². The smallest absolute Gasteiger partial charge is 0.259 e. The number of aryl methyl sites for hydroxylation is 1. The highest BCUT2D eigenvalue weighted by molar-refractivity contribution is 6.39. The van der Waals surface area contributed by atoms with E-state index in [2.05, 4.69) is 5.32 Å². The fraction of sp³-hybridized carbons (Fsp3) is 0.259. The minimum Gasteiger partial charge on any atom is -0.394 e. The molecule has 2 aliphatic heterocycles. The van der Waals surface area contributed by atoms with Crippen LogP contribution in [-0.4, -0.2) is 72.4 Å². The summed E-state index contributed by atoms with van der Waals surface area (Å²) in [7, 11) is 1.46. The number of carbonyl (C=O) groups is 2. The maximum absolute atomic E-state index is 14.7. The Morgan fingerprint density at radius 2 is 1.29 bits per heavy atom. The van der Waals surface area contributed by atoms with Crippen molar-refractivity contribution in [3.8, 4) is 0 Å². The summed E-state index contributed by atoms with van der Waals surface area (Å²) in [5.74, 6) is -6.80. The fourth-order valence-electron chi connectivity index (χ4n) is 6.24. The number of nitrogens with one attached hydrogen (secondary N) is 1. The molecule has 7 rings (SSSR count). The first-order valence-corrected chi connectivity index (χ1v) is 12.4. The molecule has 0 bridgehead atoms. The Balaban J connectivity index is 1.77. The average molecular weight is 573 g/mol. The van der Waals surface area contributed by atoms with Crippen molar-refractivity contribution >= 4 is 55.4 Å². The lowest BCUT2D eigenvalue weighted by atomic mass is 9.96. The molecule has 0 aliphatic carbocycles. The molecule has 212 valence electrons.